The number of halogens is 1. The number of carbonyl (C=O) groups excluding carboxylic acids is 2. The molecule has 0 saturated heterocycles. The van der Waals surface area contributed by atoms with Gasteiger partial charge in [-0.1, -0.05) is 35.9 Å². The molecule has 1 atom stereocenters. The molecule has 28 heavy (non-hydrogen) atoms. The van der Waals surface area contributed by atoms with Gasteiger partial charge in [0.1, 0.15) is 0 Å². The lowest BCUT2D eigenvalue weighted by molar-refractivity contribution is -0.148. The summed E-state index contributed by atoms with van der Waals surface area (Å²) in [5.41, 5.74) is 1.71. The maximum atomic E-state index is 12.0. The first kappa shape index (κ1) is 21.6. The average molecular weight is 406 g/mol. The summed E-state index contributed by atoms with van der Waals surface area (Å²) in [5.74, 6) is 0.390. The van der Waals surface area contributed by atoms with Crippen molar-refractivity contribution in [2.45, 2.75) is 25.8 Å². The number of benzene rings is 2. The Hall–Kier alpha value is -2.73. The minimum atomic E-state index is -0.449. The number of carbonyl (C=O) groups is 2. The highest BCUT2D eigenvalue weighted by Crippen LogP contribution is 2.28. The lowest BCUT2D eigenvalue weighted by atomic mass is 10.1. The van der Waals surface area contributed by atoms with Gasteiger partial charge in [0.15, 0.2) is 18.1 Å². The summed E-state index contributed by atoms with van der Waals surface area (Å²) in [5, 5.41) is 3.33. The van der Waals surface area contributed by atoms with E-state index in [0.29, 0.717) is 22.9 Å². The van der Waals surface area contributed by atoms with E-state index < -0.39 is 5.97 Å². The van der Waals surface area contributed by atoms with Gasteiger partial charge in [0.05, 0.1) is 20.3 Å². The largest absolute Gasteiger partial charge is 0.493 e. The van der Waals surface area contributed by atoms with Gasteiger partial charge < -0.3 is 19.5 Å². The van der Waals surface area contributed by atoms with E-state index in [1.54, 1.807) is 26.4 Å². The number of nitrogens with one attached hydrogen (secondary N) is 1. The van der Waals surface area contributed by atoms with Crippen LogP contribution in [0.5, 0.6) is 11.5 Å². The summed E-state index contributed by atoms with van der Waals surface area (Å²) in [6.07, 6.45) is 0.625. The molecule has 0 radical (unpaired) electrons. The molecule has 0 spiro atoms. The monoisotopic (exact) mass is 405 g/mol. The fraction of sp³-hybridized carbons (Fsp3) is 0.333. The number of aryl methyl sites for hydroxylation is 1. The number of ether oxygens (including phenoxy) is 3. The van der Waals surface area contributed by atoms with E-state index in [2.05, 4.69) is 5.32 Å². The van der Waals surface area contributed by atoms with Crippen molar-refractivity contribution >= 4 is 23.5 Å². The number of hydrogen-bond donors (Lipinski definition) is 1. The Morgan fingerprint density at radius 2 is 1.79 bits per heavy atom. The summed E-state index contributed by atoms with van der Waals surface area (Å²) in [7, 11) is 3.12. The second-order valence-electron chi connectivity index (χ2n) is 6.16. The Morgan fingerprint density at radius 3 is 2.46 bits per heavy atom. The van der Waals surface area contributed by atoms with E-state index in [9.17, 15) is 9.59 Å². The molecule has 150 valence electrons. The first-order valence-corrected chi connectivity index (χ1v) is 9.22. The first-order valence-electron chi connectivity index (χ1n) is 8.85. The molecule has 0 aromatic heterocycles. The number of esters is 1. The predicted molar refractivity (Wildman–Crippen MR) is 107 cm³/mol. The van der Waals surface area contributed by atoms with Gasteiger partial charge in [0.25, 0.3) is 5.91 Å². The average Bonchev–Trinajstić information content (AvgIpc) is 2.70. The summed E-state index contributed by atoms with van der Waals surface area (Å²) in [6, 6.07) is 12.4. The Balaban J connectivity index is 1.77. The zero-order valence-electron chi connectivity index (χ0n) is 16.2. The molecule has 0 heterocycles. The molecule has 2 aromatic carbocycles. The lowest BCUT2D eigenvalue weighted by Crippen LogP contribution is -2.31. The molecule has 0 bridgehead atoms. The van der Waals surface area contributed by atoms with Gasteiger partial charge in [0, 0.05) is 11.4 Å². The summed E-state index contributed by atoms with van der Waals surface area (Å²) < 4.78 is 15.5. The Bertz CT molecular complexity index is 824. The van der Waals surface area contributed by atoms with Gasteiger partial charge in [-0.2, -0.15) is 0 Å². The van der Waals surface area contributed by atoms with Gasteiger partial charge in [0.2, 0.25) is 0 Å². The van der Waals surface area contributed by atoms with E-state index in [-0.39, 0.29) is 25.0 Å². The summed E-state index contributed by atoms with van der Waals surface area (Å²) in [6.45, 7) is 1.48. The van der Waals surface area contributed by atoms with E-state index in [4.69, 9.17) is 25.8 Å². The zero-order valence-corrected chi connectivity index (χ0v) is 16.9. The number of rotatable bonds is 9. The Kier molecular flexibility index (Phi) is 8.14. The maximum absolute atomic E-state index is 12.0. The highest BCUT2D eigenvalue weighted by Gasteiger charge is 2.14. The van der Waals surface area contributed by atoms with E-state index in [0.717, 1.165) is 11.1 Å². The van der Waals surface area contributed by atoms with Crippen molar-refractivity contribution < 1.29 is 23.8 Å². The SMILES string of the molecule is COc1ccc(CCC(=O)OCC(=O)N[C@H](C)c2ccccc2Cl)cc1OC. The molecular formula is C21H24ClNO5. The number of amides is 1. The minimum Gasteiger partial charge on any atom is -0.493 e. The van der Waals surface area contributed by atoms with Crippen molar-refractivity contribution in [3.8, 4) is 11.5 Å². The van der Waals surface area contributed by atoms with Gasteiger partial charge in [-0.3, -0.25) is 9.59 Å². The third-order valence-electron chi connectivity index (χ3n) is 4.18. The Labute approximate surface area is 169 Å². The van der Waals surface area contributed by atoms with Gasteiger partial charge in [-0.25, -0.2) is 0 Å². The number of methoxy groups -OCH3 is 2. The van der Waals surface area contributed by atoms with Crippen LogP contribution in [0, 0.1) is 0 Å². The van der Waals surface area contributed by atoms with Gasteiger partial charge in [-0.05, 0) is 42.7 Å². The molecule has 7 heteroatoms. The van der Waals surface area contributed by atoms with Crippen molar-refractivity contribution in [2.24, 2.45) is 0 Å². The molecule has 0 aliphatic heterocycles. The molecule has 6 nitrogen and oxygen atoms in total. The second kappa shape index (κ2) is 10.6. The van der Waals surface area contributed by atoms with Crippen LogP contribution in [0.2, 0.25) is 5.02 Å². The fourth-order valence-corrected chi connectivity index (χ4v) is 2.99. The zero-order chi connectivity index (χ0) is 20.5. The second-order valence-corrected chi connectivity index (χ2v) is 6.57. The van der Waals surface area contributed by atoms with Crippen LogP contribution in [0.25, 0.3) is 0 Å². The van der Waals surface area contributed by atoms with Crippen molar-refractivity contribution in [1.82, 2.24) is 5.32 Å². The topological polar surface area (TPSA) is 73.9 Å². The standard InChI is InChI=1S/C21H24ClNO5/c1-14(16-6-4-5-7-17(16)22)23-20(24)13-28-21(25)11-9-15-8-10-18(26-2)19(12-15)27-3/h4-8,10,12,14H,9,11,13H2,1-3H3,(H,23,24)/t14-/m1/s1. The fourth-order valence-electron chi connectivity index (χ4n) is 2.69. The highest BCUT2D eigenvalue weighted by atomic mass is 35.5. The van der Waals surface area contributed by atoms with E-state index in [1.807, 2.05) is 37.3 Å². The molecule has 1 amide bonds. The van der Waals surface area contributed by atoms with Gasteiger partial charge in [-0.15, -0.1) is 0 Å². The molecule has 0 aliphatic rings. The van der Waals surface area contributed by atoms with Crippen LogP contribution >= 0.6 is 11.6 Å². The van der Waals surface area contributed by atoms with E-state index in [1.165, 1.54) is 0 Å². The molecule has 2 rings (SSSR count). The van der Waals surface area contributed by atoms with Crippen molar-refractivity contribution in [3.05, 3.63) is 58.6 Å². The molecule has 0 fully saturated rings. The quantitative estimate of drug-likeness (QED) is 0.644. The van der Waals surface area contributed by atoms with Gasteiger partial charge >= 0.3 is 5.97 Å². The maximum Gasteiger partial charge on any atom is 0.306 e. The molecule has 0 aliphatic carbocycles. The third kappa shape index (κ3) is 6.16. The van der Waals surface area contributed by atoms with Crippen LogP contribution in [-0.4, -0.2) is 32.7 Å². The number of hydrogen-bond acceptors (Lipinski definition) is 5. The Morgan fingerprint density at radius 1 is 1.07 bits per heavy atom. The lowest BCUT2D eigenvalue weighted by Gasteiger charge is -2.15. The van der Waals surface area contributed by atoms with Crippen LogP contribution in [0.3, 0.4) is 0 Å². The highest BCUT2D eigenvalue weighted by molar-refractivity contribution is 6.31. The van der Waals surface area contributed by atoms with Crippen molar-refractivity contribution in [2.75, 3.05) is 20.8 Å². The first-order chi connectivity index (χ1) is 13.4. The van der Waals surface area contributed by atoms with Crippen molar-refractivity contribution in [1.29, 1.82) is 0 Å². The van der Waals surface area contributed by atoms with Crippen LogP contribution in [0.4, 0.5) is 0 Å². The molecule has 0 saturated carbocycles. The van der Waals surface area contributed by atoms with Crippen molar-refractivity contribution in [3.63, 3.8) is 0 Å². The van der Waals surface area contributed by atoms with E-state index >= 15 is 0 Å². The molecule has 0 unspecified atom stereocenters. The minimum absolute atomic E-state index is 0.156. The smallest absolute Gasteiger partial charge is 0.306 e. The molecule has 2 aromatic rings. The van der Waals surface area contributed by atoms with Crippen LogP contribution in [0.1, 0.15) is 30.5 Å². The predicted octanol–water partition coefficient (Wildman–Crippen LogP) is 3.71. The summed E-state index contributed by atoms with van der Waals surface area (Å²) in [4.78, 5) is 23.9. The van der Waals surface area contributed by atoms with Crippen LogP contribution in [-0.2, 0) is 20.7 Å². The molecule has 1 N–H and O–H groups in total. The summed E-state index contributed by atoms with van der Waals surface area (Å²) >= 11 is 6.12. The van der Waals surface area contributed by atoms with Crippen LogP contribution < -0.4 is 14.8 Å². The normalized spacial score (nSPS) is 11.4. The molecular weight excluding hydrogens is 382 g/mol. The van der Waals surface area contributed by atoms with Crippen LogP contribution in [0.15, 0.2) is 42.5 Å². The third-order valence-corrected chi connectivity index (χ3v) is 4.52.